The van der Waals surface area contributed by atoms with Gasteiger partial charge in [0.15, 0.2) is 16.7 Å². The van der Waals surface area contributed by atoms with Gasteiger partial charge in [0.05, 0.1) is 6.61 Å². The van der Waals surface area contributed by atoms with E-state index in [4.69, 9.17) is 14.1 Å². The minimum absolute atomic E-state index is 0.0761. The van der Waals surface area contributed by atoms with Crippen molar-refractivity contribution < 1.29 is 9.15 Å². The molecule has 6 nitrogen and oxygen atoms in total. The van der Waals surface area contributed by atoms with E-state index in [1.54, 1.807) is 12.1 Å². The van der Waals surface area contributed by atoms with Crippen LogP contribution in [0.25, 0.3) is 44.2 Å². The van der Waals surface area contributed by atoms with E-state index in [2.05, 4.69) is 24.2 Å². The van der Waals surface area contributed by atoms with Gasteiger partial charge in [0.1, 0.15) is 16.8 Å². The van der Waals surface area contributed by atoms with Crippen LogP contribution in [0.3, 0.4) is 0 Å². The highest BCUT2D eigenvalue weighted by Crippen LogP contribution is 2.39. The average molecular weight is 444 g/mol. The molecular weight excluding hydrogens is 414 g/mol. The highest BCUT2D eigenvalue weighted by atomic mass is 16.5. The Morgan fingerprint density at radius 3 is 2.61 bits per heavy atom. The molecular formula is C27H29N3O3. The Balaban J connectivity index is 1.46. The smallest absolute Gasteiger partial charge is 0.182 e. The Bertz CT molecular complexity index is 1460. The van der Waals surface area contributed by atoms with E-state index >= 15 is 0 Å². The summed E-state index contributed by atoms with van der Waals surface area (Å²) in [5, 5.41) is 5.02. The lowest BCUT2D eigenvalue weighted by Crippen LogP contribution is -1.97. The molecule has 3 aromatic heterocycles. The first-order valence-electron chi connectivity index (χ1n) is 11.8. The SMILES string of the molecule is CCCCCCCCOc1ccc(-c2c3c[nH]n(C)c3nc3c2oc2cc(=O)ccc23)cc1. The Labute approximate surface area is 192 Å². The van der Waals surface area contributed by atoms with Gasteiger partial charge in [-0.15, -0.1) is 0 Å². The van der Waals surface area contributed by atoms with Crippen LogP contribution in [0.5, 0.6) is 5.75 Å². The minimum atomic E-state index is -0.0761. The number of aryl methyl sites for hydroxylation is 1. The van der Waals surface area contributed by atoms with Crippen molar-refractivity contribution >= 4 is 33.1 Å². The maximum atomic E-state index is 11.9. The number of unbranched alkanes of at least 4 members (excludes halogenated alkanes) is 5. The maximum Gasteiger partial charge on any atom is 0.182 e. The number of nitrogens with zero attached hydrogens (tertiary/aromatic N) is 2. The molecule has 1 N–H and O–H groups in total. The Morgan fingerprint density at radius 2 is 1.79 bits per heavy atom. The number of benzene rings is 2. The number of hydrogen-bond acceptors (Lipinski definition) is 4. The van der Waals surface area contributed by atoms with Gasteiger partial charge in [0.25, 0.3) is 0 Å². The van der Waals surface area contributed by atoms with Crippen LogP contribution < -0.4 is 10.2 Å². The monoisotopic (exact) mass is 443 g/mol. The van der Waals surface area contributed by atoms with Crippen LogP contribution in [-0.4, -0.2) is 21.4 Å². The molecule has 5 aromatic rings. The summed E-state index contributed by atoms with van der Waals surface area (Å²) in [4.78, 5) is 16.7. The van der Waals surface area contributed by atoms with E-state index in [1.807, 2.05) is 30.1 Å². The van der Waals surface area contributed by atoms with Crippen molar-refractivity contribution in [1.29, 1.82) is 0 Å². The van der Waals surface area contributed by atoms with Crippen LogP contribution in [0.4, 0.5) is 0 Å². The van der Waals surface area contributed by atoms with E-state index in [1.165, 1.54) is 38.2 Å². The van der Waals surface area contributed by atoms with Gasteiger partial charge in [0, 0.05) is 35.6 Å². The highest BCUT2D eigenvalue weighted by molar-refractivity contribution is 6.14. The predicted molar refractivity (Wildman–Crippen MR) is 133 cm³/mol. The number of aromatic nitrogens is 3. The van der Waals surface area contributed by atoms with Crippen molar-refractivity contribution in [2.75, 3.05) is 6.61 Å². The molecule has 0 unspecified atom stereocenters. The summed E-state index contributed by atoms with van der Waals surface area (Å²) in [6.07, 6.45) is 9.42. The van der Waals surface area contributed by atoms with Gasteiger partial charge in [-0.3, -0.25) is 9.48 Å². The average Bonchev–Trinajstić information content (AvgIpc) is 3.37. The fourth-order valence-electron chi connectivity index (χ4n) is 4.44. The Morgan fingerprint density at radius 1 is 1.00 bits per heavy atom. The number of H-pyrrole nitrogens is 1. The van der Waals surface area contributed by atoms with Gasteiger partial charge >= 0.3 is 0 Å². The van der Waals surface area contributed by atoms with Crippen LogP contribution in [0.1, 0.15) is 45.4 Å². The number of aromatic amines is 1. The van der Waals surface area contributed by atoms with Crippen molar-refractivity contribution in [2.45, 2.75) is 45.4 Å². The summed E-state index contributed by atoms with van der Waals surface area (Å²) in [6, 6.07) is 13.0. The number of hydrogen-bond donors (Lipinski definition) is 1. The van der Waals surface area contributed by atoms with Gasteiger partial charge in [0.2, 0.25) is 0 Å². The summed E-state index contributed by atoms with van der Waals surface area (Å²) in [7, 11) is 1.93. The minimum Gasteiger partial charge on any atom is -0.494 e. The summed E-state index contributed by atoms with van der Waals surface area (Å²) in [6.45, 7) is 2.98. The molecule has 0 amide bonds. The van der Waals surface area contributed by atoms with Crippen LogP contribution in [0, 0.1) is 0 Å². The molecule has 0 saturated carbocycles. The first-order chi connectivity index (χ1) is 16.2. The maximum absolute atomic E-state index is 11.9. The van der Waals surface area contributed by atoms with Crippen molar-refractivity contribution in [3.63, 3.8) is 0 Å². The largest absolute Gasteiger partial charge is 0.494 e. The second kappa shape index (κ2) is 9.14. The number of pyridine rings is 1. The zero-order chi connectivity index (χ0) is 22.8. The zero-order valence-electron chi connectivity index (χ0n) is 19.2. The lowest BCUT2D eigenvalue weighted by atomic mass is 10.0. The molecule has 2 aromatic carbocycles. The standard InChI is InChI=1S/C27H29N3O3/c1-3-4-5-6-7-8-15-32-20-12-9-18(10-13-20)24-22-17-28-30(2)27(22)29-25-21-14-11-19(31)16-23(21)33-26(24)25/h9-14,16-17,28H,3-8,15H2,1-2H3. The van der Waals surface area contributed by atoms with Crippen molar-refractivity contribution in [1.82, 2.24) is 14.8 Å². The summed E-state index contributed by atoms with van der Waals surface area (Å²) < 4.78 is 14.0. The molecule has 0 aliphatic rings. The Hall–Kier alpha value is -3.54. The molecule has 0 atom stereocenters. The number of ether oxygens (including phenoxy) is 1. The third kappa shape index (κ3) is 4.13. The topological polar surface area (TPSA) is 73.1 Å². The van der Waals surface area contributed by atoms with Crippen LogP contribution in [0.2, 0.25) is 0 Å². The van der Waals surface area contributed by atoms with E-state index < -0.39 is 0 Å². The lowest BCUT2D eigenvalue weighted by molar-refractivity contribution is 0.304. The zero-order valence-corrected chi connectivity index (χ0v) is 19.2. The van der Waals surface area contributed by atoms with Crippen molar-refractivity contribution in [3.8, 4) is 16.9 Å². The van der Waals surface area contributed by atoms with Gasteiger partial charge in [-0.1, -0.05) is 51.2 Å². The Kier molecular flexibility index (Phi) is 5.90. The van der Waals surface area contributed by atoms with Crippen molar-refractivity contribution in [2.24, 2.45) is 7.05 Å². The summed E-state index contributed by atoms with van der Waals surface area (Å²) >= 11 is 0. The molecule has 0 aliphatic carbocycles. The van der Waals surface area contributed by atoms with E-state index in [9.17, 15) is 4.79 Å². The van der Waals surface area contributed by atoms with Crippen LogP contribution in [0.15, 0.2) is 57.9 Å². The van der Waals surface area contributed by atoms with Crippen molar-refractivity contribution in [3.05, 3.63) is 58.9 Å². The number of rotatable bonds is 9. The quantitative estimate of drug-likeness (QED) is 0.262. The van der Waals surface area contributed by atoms with E-state index in [-0.39, 0.29) is 5.43 Å². The molecule has 3 heterocycles. The molecule has 6 heteroatoms. The molecule has 0 saturated heterocycles. The normalized spacial score (nSPS) is 11.7. The fourth-order valence-corrected chi connectivity index (χ4v) is 4.44. The molecule has 33 heavy (non-hydrogen) atoms. The molecule has 170 valence electrons. The molecule has 0 radical (unpaired) electrons. The second-order valence-corrected chi connectivity index (χ2v) is 8.63. The molecule has 0 fully saturated rings. The highest BCUT2D eigenvalue weighted by Gasteiger charge is 2.19. The molecule has 0 bridgehead atoms. The predicted octanol–water partition coefficient (Wildman–Crippen LogP) is 6.57. The van der Waals surface area contributed by atoms with E-state index in [0.717, 1.165) is 51.8 Å². The summed E-state index contributed by atoms with van der Waals surface area (Å²) in [5.74, 6) is 0.870. The van der Waals surface area contributed by atoms with Crippen LogP contribution >= 0.6 is 0 Å². The third-order valence-corrected chi connectivity index (χ3v) is 6.22. The molecule has 0 aliphatic heterocycles. The van der Waals surface area contributed by atoms with E-state index in [0.29, 0.717) is 11.2 Å². The number of furan rings is 1. The summed E-state index contributed by atoms with van der Waals surface area (Å²) in [5.41, 5.74) is 4.72. The number of nitrogens with one attached hydrogen (secondary N) is 1. The van der Waals surface area contributed by atoms with Gasteiger partial charge in [-0.05, 0) is 36.2 Å². The van der Waals surface area contributed by atoms with Gasteiger partial charge in [-0.2, -0.15) is 0 Å². The van der Waals surface area contributed by atoms with Gasteiger partial charge in [-0.25, -0.2) is 4.98 Å². The third-order valence-electron chi connectivity index (χ3n) is 6.22. The molecule has 0 spiro atoms. The van der Waals surface area contributed by atoms with Crippen LogP contribution in [-0.2, 0) is 7.05 Å². The van der Waals surface area contributed by atoms with Gasteiger partial charge < -0.3 is 14.3 Å². The lowest BCUT2D eigenvalue weighted by Gasteiger charge is -2.09. The first kappa shape index (κ1) is 21.3. The number of fused-ring (bicyclic) bond motifs is 4. The molecule has 5 rings (SSSR count). The second-order valence-electron chi connectivity index (χ2n) is 8.63. The first-order valence-corrected chi connectivity index (χ1v) is 11.8. The fraction of sp³-hybridized carbons (Fsp3) is 0.333.